The van der Waals surface area contributed by atoms with Crippen molar-refractivity contribution >= 4 is 0 Å². The predicted octanol–water partition coefficient (Wildman–Crippen LogP) is 1.30. The van der Waals surface area contributed by atoms with Crippen LogP contribution < -0.4 is 0 Å². The van der Waals surface area contributed by atoms with Gasteiger partial charge >= 0.3 is 0 Å². The zero-order chi connectivity index (χ0) is 6.85. The first-order valence-corrected chi connectivity index (χ1v) is 3.60. The highest BCUT2D eigenvalue weighted by Gasteiger charge is 2.27. The van der Waals surface area contributed by atoms with Crippen molar-refractivity contribution in [2.45, 2.75) is 20.0 Å². The third-order valence-electron chi connectivity index (χ3n) is 2.04. The van der Waals surface area contributed by atoms with Gasteiger partial charge in [0.25, 0.3) is 0 Å². The molecular formula is C7H14FN. The fourth-order valence-electron chi connectivity index (χ4n) is 1.28. The van der Waals surface area contributed by atoms with Gasteiger partial charge in [-0.05, 0) is 6.54 Å². The van der Waals surface area contributed by atoms with Gasteiger partial charge in [0.15, 0.2) is 0 Å². The van der Waals surface area contributed by atoms with Crippen molar-refractivity contribution in [3.63, 3.8) is 0 Å². The van der Waals surface area contributed by atoms with E-state index in [1.54, 1.807) is 0 Å². The van der Waals surface area contributed by atoms with Crippen LogP contribution in [0.25, 0.3) is 0 Å². The first-order chi connectivity index (χ1) is 4.24. The summed E-state index contributed by atoms with van der Waals surface area (Å²) in [5.41, 5.74) is 0. The van der Waals surface area contributed by atoms with Crippen LogP contribution >= 0.6 is 0 Å². The summed E-state index contributed by atoms with van der Waals surface area (Å²) in [7, 11) is 0. The molecule has 0 unspecified atom stereocenters. The average molecular weight is 131 g/mol. The Bertz CT molecular complexity index is 84.9. The van der Waals surface area contributed by atoms with Crippen LogP contribution in [-0.2, 0) is 0 Å². The first-order valence-electron chi connectivity index (χ1n) is 3.60. The van der Waals surface area contributed by atoms with Gasteiger partial charge in [0.05, 0.1) is 0 Å². The van der Waals surface area contributed by atoms with Crippen molar-refractivity contribution in [1.82, 2.24) is 4.90 Å². The van der Waals surface area contributed by atoms with Crippen molar-refractivity contribution in [3.8, 4) is 0 Å². The molecule has 0 aromatic heterocycles. The minimum Gasteiger partial charge on any atom is -0.300 e. The van der Waals surface area contributed by atoms with E-state index in [4.69, 9.17) is 0 Å². The molecule has 1 nitrogen and oxygen atoms in total. The Kier molecular flexibility index (Phi) is 2.06. The number of hydrogen-bond donors (Lipinski definition) is 0. The van der Waals surface area contributed by atoms with Crippen LogP contribution in [-0.4, -0.2) is 30.7 Å². The Morgan fingerprint density at radius 1 is 1.56 bits per heavy atom. The minimum atomic E-state index is -0.579. The summed E-state index contributed by atoms with van der Waals surface area (Å²) in [6.45, 7) is 6.63. The normalized spacial score (nSPS) is 37.7. The van der Waals surface area contributed by atoms with Crippen LogP contribution in [0.5, 0.6) is 0 Å². The third kappa shape index (κ3) is 1.42. The maximum atomic E-state index is 12.7. The summed E-state index contributed by atoms with van der Waals surface area (Å²) in [5.74, 6) is 0.255. The fourth-order valence-corrected chi connectivity index (χ4v) is 1.28. The third-order valence-corrected chi connectivity index (χ3v) is 2.04. The lowest BCUT2D eigenvalue weighted by Gasteiger charge is -2.09. The molecule has 0 aromatic rings. The van der Waals surface area contributed by atoms with E-state index in [0.29, 0.717) is 6.54 Å². The lowest BCUT2D eigenvalue weighted by molar-refractivity contribution is 0.281. The zero-order valence-electron chi connectivity index (χ0n) is 6.10. The average Bonchev–Trinajstić information content (AvgIpc) is 2.13. The van der Waals surface area contributed by atoms with Gasteiger partial charge in [-0.2, -0.15) is 0 Å². The van der Waals surface area contributed by atoms with Gasteiger partial charge < -0.3 is 4.90 Å². The van der Waals surface area contributed by atoms with Gasteiger partial charge in [-0.15, -0.1) is 0 Å². The molecule has 1 saturated heterocycles. The van der Waals surface area contributed by atoms with Gasteiger partial charge in [-0.3, -0.25) is 0 Å². The molecule has 0 spiro atoms. The summed E-state index contributed by atoms with van der Waals surface area (Å²) in [4.78, 5) is 2.15. The second kappa shape index (κ2) is 2.65. The van der Waals surface area contributed by atoms with Gasteiger partial charge in [-0.25, -0.2) is 4.39 Å². The van der Waals surface area contributed by atoms with Gasteiger partial charge in [0.2, 0.25) is 0 Å². The second-order valence-electron chi connectivity index (χ2n) is 2.85. The number of hydrogen-bond acceptors (Lipinski definition) is 1. The van der Waals surface area contributed by atoms with Crippen LogP contribution in [0, 0.1) is 5.92 Å². The van der Waals surface area contributed by atoms with Gasteiger partial charge in [0, 0.05) is 19.0 Å². The van der Waals surface area contributed by atoms with E-state index >= 15 is 0 Å². The highest BCUT2D eigenvalue weighted by Crippen LogP contribution is 2.18. The zero-order valence-corrected chi connectivity index (χ0v) is 6.10. The lowest BCUT2D eigenvalue weighted by atomic mass is 10.1. The first kappa shape index (κ1) is 7.00. The quantitative estimate of drug-likeness (QED) is 0.518. The molecule has 0 aromatic carbocycles. The largest absolute Gasteiger partial charge is 0.300 e. The Morgan fingerprint density at radius 3 is 2.44 bits per heavy atom. The lowest BCUT2D eigenvalue weighted by Crippen LogP contribution is -2.19. The Morgan fingerprint density at radius 2 is 2.22 bits per heavy atom. The maximum absolute atomic E-state index is 12.7. The van der Waals surface area contributed by atoms with Crippen LogP contribution in [0.1, 0.15) is 13.8 Å². The van der Waals surface area contributed by atoms with E-state index in [-0.39, 0.29) is 5.92 Å². The fraction of sp³-hybridized carbons (Fsp3) is 1.00. The van der Waals surface area contributed by atoms with Gasteiger partial charge in [0.1, 0.15) is 6.17 Å². The molecule has 2 atom stereocenters. The van der Waals surface area contributed by atoms with Crippen LogP contribution in [0.2, 0.25) is 0 Å². The smallest absolute Gasteiger partial charge is 0.116 e. The monoisotopic (exact) mass is 131 g/mol. The number of nitrogens with zero attached hydrogens (tertiary/aromatic N) is 1. The molecule has 0 aliphatic carbocycles. The molecule has 1 heterocycles. The molecular weight excluding hydrogens is 117 g/mol. The second-order valence-corrected chi connectivity index (χ2v) is 2.85. The van der Waals surface area contributed by atoms with E-state index < -0.39 is 6.17 Å². The van der Waals surface area contributed by atoms with Crippen LogP contribution in [0.4, 0.5) is 4.39 Å². The number of alkyl halides is 1. The molecule has 0 N–H and O–H groups in total. The summed E-state index contributed by atoms with van der Waals surface area (Å²) < 4.78 is 12.7. The van der Waals surface area contributed by atoms with Gasteiger partial charge in [-0.1, -0.05) is 13.8 Å². The van der Waals surface area contributed by atoms with E-state index in [2.05, 4.69) is 11.8 Å². The molecule has 9 heavy (non-hydrogen) atoms. The van der Waals surface area contributed by atoms with E-state index in [9.17, 15) is 4.39 Å². The molecule has 1 aliphatic heterocycles. The van der Waals surface area contributed by atoms with Crippen molar-refractivity contribution in [1.29, 1.82) is 0 Å². The van der Waals surface area contributed by atoms with Crippen LogP contribution in [0.3, 0.4) is 0 Å². The molecule has 1 aliphatic rings. The van der Waals surface area contributed by atoms with Crippen molar-refractivity contribution in [2.75, 3.05) is 19.6 Å². The molecule has 54 valence electrons. The molecule has 1 fully saturated rings. The van der Waals surface area contributed by atoms with Crippen LogP contribution in [0.15, 0.2) is 0 Å². The topological polar surface area (TPSA) is 3.24 Å². The molecule has 0 bridgehead atoms. The number of halogens is 1. The maximum Gasteiger partial charge on any atom is 0.116 e. The van der Waals surface area contributed by atoms with E-state index in [1.807, 2.05) is 6.92 Å². The summed E-state index contributed by atoms with van der Waals surface area (Å²) in [6.07, 6.45) is -0.579. The van der Waals surface area contributed by atoms with E-state index in [1.165, 1.54) is 0 Å². The molecule has 0 saturated carbocycles. The Balaban J connectivity index is 2.35. The summed E-state index contributed by atoms with van der Waals surface area (Å²) in [6, 6.07) is 0. The Labute approximate surface area is 55.8 Å². The highest BCUT2D eigenvalue weighted by atomic mass is 19.1. The highest BCUT2D eigenvalue weighted by molar-refractivity contribution is 4.79. The summed E-state index contributed by atoms with van der Waals surface area (Å²) in [5, 5.41) is 0. The van der Waals surface area contributed by atoms with Crippen molar-refractivity contribution < 1.29 is 4.39 Å². The molecule has 2 heteroatoms. The van der Waals surface area contributed by atoms with Crippen molar-refractivity contribution in [2.24, 2.45) is 5.92 Å². The predicted molar refractivity (Wildman–Crippen MR) is 36.2 cm³/mol. The minimum absolute atomic E-state index is 0.255. The van der Waals surface area contributed by atoms with E-state index in [0.717, 1.165) is 13.1 Å². The molecule has 1 rings (SSSR count). The number of rotatable bonds is 1. The summed E-state index contributed by atoms with van der Waals surface area (Å²) >= 11 is 0. The SMILES string of the molecule is CCN1C[C@@H](C)[C@@H](F)C1. The Hall–Kier alpha value is -0.110. The molecule has 0 amide bonds. The number of likely N-dealkylation sites (tertiary alicyclic amines) is 1. The van der Waals surface area contributed by atoms with Crippen molar-refractivity contribution in [3.05, 3.63) is 0 Å². The standard InChI is InChI=1S/C7H14FN/c1-3-9-4-6(2)7(8)5-9/h6-7H,3-5H2,1-2H3/t6-,7+/m1/s1. The molecule has 0 radical (unpaired) electrons.